The molecule has 0 aliphatic carbocycles. The number of hydrogen-bond acceptors (Lipinski definition) is 4. The number of hydrogen-bond donors (Lipinski definition) is 1. The van der Waals surface area contributed by atoms with Gasteiger partial charge in [0.1, 0.15) is 11.8 Å². The Labute approximate surface area is 139 Å². The van der Waals surface area contributed by atoms with Gasteiger partial charge in [-0.15, -0.1) is 0 Å². The third-order valence-electron chi connectivity index (χ3n) is 3.46. The van der Waals surface area contributed by atoms with Crippen molar-refractivity contribution in [2.45, 2.75) is 39.3 Å². The number of carbonyl (C=O) groups excluding carboxylic acids is 2. The van der Waals surface area contributed by atoms with E-state index in [4.69, 9.17) is 9.47 Å². The Bertz CT molecular complexity index is 503. The number of halogens is 1. The van der Waals surface area contributed by atoms with Crippen molar-refractivity contribution in [1.82, 2.24) is 5.32 Å². The molecule has 0 saturated heterocycles. The van der Waals surface area contributed by atoms with E-state index in [1.54, 1.807) is 19.1 Å². The van der Waals surface area contributed by atoms with Crippen LogP contribution >= 0.6 is 15.9 Å². The largest absolute Gasteiger partial charge is 0.481 e. The van der Waals surface area contributed by atoms with Crippen LogP contribution in [-0.2, 0) is 14.3 Å². The molecule has 0 fully saturated rings. The Kier molecular flexibility index (Phi) is 7.38. The minimum atomic E-state index is -0.711. The normalized spacial score (nSPS) is 14.6. The summed E-state index contributed by atoms with van der Waals surface area (Å²) in [5, 5.41) is 2.70. The number of carbonyl (C=O) groups is 2. The Morgan fingerprint density at radius 2 is 1.82 bits per heavy atom. The minimum Gasteiger partial charge on any atom is -0.481 e. The number of nitrogens with one attached hydrogen (secondary N) is 1. The van der Waals surface area contributed by atoms with Crippen molar-refractivity contribution >= 4 is 27.8 Å². The van der Waals surface area contributed by atoms with Crippen LogP contribution in [0.5, 0.6) is 5.75 Å². The standard InChI is InChI=1S/C16H22BrNO4/c1-5-10(2)14(16(20)21-4)18-15(19)11(3)22-13-8-6-12(17)7-9-13/h6-11,14H,5H2,1-4H3,(H,18,19). The summed E-state index contributed by atoms with van der Waals surface area (Å²) in [6, 6.07) is 6.52. The van der Waals surface area contributed by atoms with Gasteiger partial charge in [-0.3, -0.25) is 4.79 Å². The maximum absolute atomic E-state index is 12.2. The molecule has 3 atom stereocenters. The van der Waals surface area contributed by atoms with Crippen LogP contribution in [-0.4, -0.2) is 31.1 Å². The van der Waals surface area contributed by atoms with Gasteiger partial charge in [0, 0.05) is 4.47 Å². The predicted molar refractivity (Wildman–Crippen MR) is 87.6 cm³/mol. The first kappa shape index (κ1) is 18.5. The van der Waals surface area contributed by atoms with Crippen LogP contribution < -0.4 is 10.1 Å². The second-order valence-corrected chi connectivity index (χ2v) is 6.02. The van der Waals surface area contributed by atoms with E-state index < -0.39 is 18.1 Å². The fourth-order valence-electron chi connectivity index (χ4n) is 1.84. The molecular formula is C16H22BrNO4. The van der Waals surface area contributed by atoms with E-state index in [1.807, 2.05) is 26.0 Å². The second-order valence-electron chi connectivity index (χ2n) is 5.11. The molecular weight excluding hydrogens is 350 g/mol. The molecule has 0 aliphatic rings. The Hall–Kier alpha value is -1.56. The number of esters is 1. The van der Waals surface area contributed by atoms with Gasteiger partial charge in [0.25, 0.3) is 5.91 Å². The fraction of sp³-hybridized carbons (Fsp3) is 0.500. The van der Waals surface area contributed by atoms with Crippen LogP contribution in [0.2, 0.25) is 0 Å². The van der Waals surface area contributed by atoms with Crippen LogP contribution in [0.25, 0.3) is 0 Å². The van der Waals surface area contributed by atoms with Crippen LogP contribution in [0, 0.1) is 5.92 Å². The monoisotopic (exact) mass is 371 g/mol. The third-order valence-corrected chi connectivity index (χ3v) is 3.99. The van der Waals surface area contributed by atoms with Crippen molar-refractivity contribution in [1.29, 1.82) is 0 Å². The molecule has 0 aliphatic heterocycles. The molecule has 0 spiro atoms. The quantitative estimate of drug-likeness (QED) is 0.748. The molecule has 0 saturated carbocycles. The maximum Gasteiger partial charge on any atom is 0.328 e. The summed E-state index contributed by atoms with van der Waals surface area (Å²) in [6.45, 7) is 5.49. The van der Waals surface area contributed by atoms with Gasteiger partial charge in [-0.1, -0.05) is 36.2 Å². The number of ether oxygens (including phenoxy) is 2. The molecule has 0 radical (unpaired) electrons. The fourth-order valence-corrected chi connectivity index (χ4v) is 2.10. The van der Waals surface area contributed by atoms with E-state index in [0.717, 1.165) is 10.9 Å². The maximum atomic E-state index is 12.2. The lowest BCUT2D eigenvalue weighted by Crippen LogP contribution is -2.49. The lowest BCUT2D eigenvalue weighted by Gasteiger charge is -2.23. The highest BCUT2D eigenvalue weighted by Crippen LogP contribution is 2.17. The van der Waals surface area contributed by atoms with E-state index in [-0.39, 0.29) is 11.8 Å². The van der Waals surface area contributed by atoms with Crippen molar-refractivity contribution in [3.63, 3.8) is 0 Å². The highest BCUT2D eigenvalue weighted by atomic mass is 79.9. The van der Waals surface area contributed by atoms with E-state index in [0.29, 0.717) is 5.75 Å². The van der Waals surface area contributed by atoms with Gasteiger partial charge in [0.05, 0.1) is 7.11 Å². The third kappa shape index (κ3) is 5.33. The first-order valence-corrected chi connectivity index (χ1v) is 7.98. The Morgan fingerprint density at radius 3 is 2.32 bits per heavy atom. The van der Waals surface area contributed by atoms with E-state index >= 15 is 0 Å². The SMILES string of the molecule is CCC(C)C(NC(=O)C(C)Oc1ccc(Br)cc1)C(=O)OC. The summed E-state index contributed by atoms with van der Waals surface area (Å²) in [4.78, 5) is 24.0. The first-order valence-electron chi connectivity index (χ1n) is 7.19. The van der Waals surface area contributed by atoms with Crippen molar-refractivity contribution in [3.8, 4) is 5.75 Å². The minimum absolute atomic E-state index is 0.0173. The lowest BCUT2D eigenvalue weighted by atomic mass is 9.99. The topological polar surface area (TPSA) is 64.6 Å². The molecule has 3 unspecified atom stereocenters. The Morgan fingerprint density at radius 1 is 1.23 bits per heavy atom. The van der Waals surface area contributed by atoms with Crippen LogP contribution in [0.3, 0.4) is 0 Å². The highest BCUT2D eigenvalue weighted by Gasteiger charge is 2.28. The lowest BCUT2D eigenvalue weighted by molar-refractivity contribution is -0.147. The zero-order valence-corrected chi connectivity index (χ0v) is 14.8. The average Bonchev–Trinajstić information content (AvgIpc) is 2.52. The zero-order valence-electron chi connectivity index (χ0n) is 13.3. The van der Waals surface area contributed by atoms with Crippen molar-refractivity contribution in [2.75, 3.05) is 7.11 Å². The van der Waals surface area contributed by atoms with Crippen molar-refractivity contribution < 1.29 is 19.1 Å². The molecule has 1 aromatic rings. The Balaban J connectivity index is 2.68. The molecule has 1 N–H and O–H groups in total. The van der Waals surface area contributed by atoms with Gasteiger partial charge >= 0.3 is 5.97 Å². The number of benzene rings is 1. The van der Waals surface area contributed by atoms with Gasteiger partial charge in [-0.25, -0.2) is 4.79 Å². The molecule has 1 rings (SSSR count). The van der Waals surface area contributed by atoms with Crippen LogP contribution in [0.1, 0.15) is 27.2 Å². The second kappa shape index (κ2) is 8.78. The molecule has 122 valence electrons. The van der Waals surface area contributed by atoms with E-state index in [2.05, 4.69) is 21.2 Å². The molecule has 0 heterocycles. The summed E-state index contributed by atoms with van der Waals surface area (Å²) >= 11 is 3.33. The summed E-state index contributed by atoms with van der Waals surface area (Å²) in [5.41, 5.74) is 0. The van der Waals surface area contributed by atoms with Crippen LogP contribution in [0.4, 0.5) is 0 Å². The number of rotatable bonds is 7. The van der Waals surface area contributed by atoms with Crippen molar-refractivity contribution in [3.05, 3.63) is 28.7 Å². The average molecular weight is 372 g/mol. The zero-order chi connectivity index (χ0) is 16.7. The smallest absolute Gasteiger partial charge is 0.328 e. The molecule has 1 aromatic carbocycles. The van der Waals surface area contributed by atoms with Gasteiger partial charge in [0.2, 0.25) is 0 Å². The van der Waals surface area contributed by atoms with Gasteiger partial charge in [-0.2, -0.15) is 0 Å². The molecule has 0 aromatic heterocycles. The molecule has 6 heteroatoms. The predicted octanol–water partition coefficient (Wildman–Crippen LogP) is 2.92. The van der Waals surface area contributed by atoms with Gasteiger partial charge in [0.15, 0.2) is 6.10 Å². The van der Waals surface area contributed by atoms with Gasteiger partial charge in [-0.05, 0) is 37.1 Å². The summed E-state index contributed by atoms with van der Waals surface area (Å²) in [6.07, 6.45) is 0.0412. The van der Waals surface area contributed by atoms with E-state index in [9.17, 15) is 9.59 Å². The summed E-state index contributed by atoms with van der Waals surface area (Å²) < 4.78 is 11.3. The van der Waals surface area contributed by atoms with Gasteiger partial charge < -0.3 is 14.8 Å². The highest BCUT2D eigenvalue weighted by molar-refractivity contribution is 9.10. The number of methoxy groups -OCH3 is 1. The molecule has 1 amide bonds. The molecule has 0 bridgehead atoms. The first-order chi connectivity index (χ1) is 10.4. The molecule has 22 heavy (non-hydrogen) atoms. The summed E-state index contributed by atoms with van der Waals surface area (Å²) in [5.74, 6) is -0.225. The summed E-state index contributed by atoms with van der Waals surface area (Å²) in [7, 11) is 1.31. The van der Waals surface area contributed by atoms with E-state index in [1.165, 1.54) is 7.11 Å². The van der Waals surface area contributed by atoms with Crippen LogP contribution in [0.15, 0.2) is 28.7 Å². The van der Waals surface area contributed by atoms with Crippen molar-refractivity contribution in [2.24, 2.45) is 5.92 Å². The number of amides is 1. The molecule has 5 nitrogen and oxygen atoms in total.